The molecule has 1 aromatic carbocycles. The smallest absolute Gasteiger partial charge is 0.0588 e. The second-order valence-electron chi connectivity index (χ2n) is 5.58. The van der Waals surface area contributed by atoms with Crippen molar-refractivity contribution >= 4 is 5.69 Å². The van der Waals surface area contributed by atoms with E-state index in [0.29, 0.717) is 6.10 Å². The largest absolute Gasteiger partial charge is 0.385 e. The average Bonchev–Trinajstić information content (AvgIpc) is 2.97. The molecule has 0 aromatic heterocycles. The Morgan fingerprint density at radius 2 is 2.32 bits per heavy atom. The van der Waals surface area contributed by atoms with E-state index >= 15 is 0 Å². The molecule has 3 nitrogen and oxygen atoms in total. The Balaban J connectivity index is 1.49. The first-order valence-electron chi connectivity index (χ1n) is 7.60. The summed E-state index contributed by atoms with van der Waals surface area (Å²) in [5, 5.41) is 7.11. The van der Waals surface area contributed by atoms with Gasteiger partial charge in [0.2, 0.25) is 0 Å². The van der Waals surface area contributed by atoms with Crippen molar-refractivity contribution in [3.8, 4) is 0 Å². The minimum Gasteiger partial charge on any atom is -0.385 e. The second kappa shape index (κ2) is 6.40. The Bertz CT molecular complexity index is 413. The molecular formula is C16H24N2O. The van der Waals surface area contributed by atoms with E-state index in [1.165, 1.54) is 42.5 Å². The van der Waals surface area contributed by atoms with Gasteiger partial charge in [0.05, 0.1) is 6.10 Å². The number of benzene rings is 1. The summed E-state index contributed by atoms with van der Waals surface area (Å²) in [4.78, 5) is 0. The lowest BCUT2D eigenvalue weighted by atomic mass is 9.99. The molecule has 2 aliphatic rings. The Morgan fingerprint density at radius 3 is 3.21 bits per heavy atom. The summed E-state index contributed by atoms with van der Waals surface area (Å²) in [6.45, 7) is 4.08. The van der Waals surface area contributed by atoms with Crippen LogP contribution < -0.4 is 10.6 Å². The molecule has 0 spiro atoms. The van der Waals surface area contributed by atoms with Crippen LogP contribution in [0.15, 0.2) is 18.2 Å². The fourth-order valence-electron chi connectivity index (χ4n) is 3.09. The maximum atomic E-state index is 5.64. The summed E-state index contributed by atoms with van der Waals surface area (Å²) in [5.74, 6) is 0. The predicted molar refractivity (Wildman–Crippen MR) is 78.6 cm³/mol. The van der Waals surface area contributed by atoms with Crippen molar-refractivity contribution in [2.75, 3.05) is 25.0 Å². The van der Waals surface area contributed by atoms with Gasteiger partial charge in [0.1, 0.15) is 0 Å². The van der Waals surface area contributed by atoms with Crippen molar-refractivity contribution in [2.45, 2.75) is 44.8 Å². The van der Waals surface area contributed by atoms with Gasteiger partial charge in [0.15, 0.2) is 0 Å². The highest BCUT2D eigenvalue weighted by molar-refractivity contribution is 5.59. The van der Waals surface area contributed by atoms with Gasteiger partial charge in [-0.1, -0.05) is 18.2 Å². The number of fused-ring (bicyclic) bond motifs is 1. The molecule has 0 aliphatic carbocycles. The van der Waals surface area contributed by atoms with Crippen LogP contribution in [0.3, 0.4) is 0 Å². The zero-order valence-corrected chi connectivity index (χ0v) is 11.6. The molecule has 0 bridgehead atoms. The van der Waals surface area contributed by atoms with Crippen LogP contribution in [0.1, 0.15) is 36.8 Å². The fraction of sp³-hybridized carbons (Fsp3) is 0.625. The minimum atomic E-state index is 0.496. The van der Waals surface area contributed by atoms with Crippen LogP contribution in [0.25, 0.3) is 0 Å². The molecule has 3 heteroatoms. The third-order valence-corrected chi connectivity index (χ3v) is 4.14. The van der Waals surface area contributed by atoms with Crippen molar-refractivity contribution in [3.63, 3.8) is 0 Å². The number of para-hydroxylation sites is 1. The number of nitrogens with one attached hydrogen (secondary N) is 2. The highest BCUT2D eigenvalue weighted by Crippen LogP contribution is 2.25. The molecule has 1 fully saturated rings. The van der Waals surface area contributed by atoms with Gasteiger partial charge in [-0.3, -0.25) is 0 Å². The zero-order valence-electron chi connectivity index (χ0n) is 11.6. The SMILES string of the molecule is c1cc2c(c(CNCCC3CCCO3)c1)NCCC2. The lowest BCUT2D eigenvalue weighted by Crippen LogP contribution is -2.21. The molecular weight excluding hydrogens is 236 g/mol. The first kappa shape index (κ1) is 12.9. The number of ether oxygens (including phenoxy) is 1. The topological polar surface area (TPSA) is 33.3 Å². The van der Waals surface area contributed by atoms with Crippen LogP contribution in [-0.4, -0.2) is 25.8 Å². The molecule has 2 heterocycles. The zero-order chi connectivity index (χ0) is 12.9. The molecule has 0 amide bonds. The van der Waals surface area contributed by atoms with Crippen molar-refractivity contribution in [2.24, 2.45) is 0 Å². The van der Waals surface area contributed by atoms with E-state index in [-0.39, 0.29) is 0 Å². The van der Waals surface area contributed by atoms with E-state index < -0.39 is 0 Å². The number of aryl methyl sites for hydroxylation is 1. The predicted octanol–water partition coefficient (Wildman–Crippen LogP) is 2.70. The van der Waals surface area contributed by atoms with Gasteiger partial charge in [-0.05, 0) is 49.8 Å². The molecule has 1 aromatic rings. The van der Waals surface area contributed by atoms with Crippen molar-refractivity contribution in [1.29, 1.82) is 0 Å². The lowest BCUT2D eigenvalue weighted by molar-refractivity contribution is 0.104. The van der Waals surface area contributed by atoms with Gasteiger partial charge >= 0.3 is 0 Å². The number of rotatable bonds is 5. The van der Waals surface area contributed by atoms with E-state index in [0.717, 1.165) is 32.7 Å². The molecule has 104 valence electrons. The van der Waals surface area contributed by atoms with E-state index in [4.69, 9.17) is 4.74 Å². The molecule has 0 saturated carbocycles. The van der Waals surface area contributed by atoms with E-state index in [2.05, 4.69) is 28.8 Å². The van der Waals surface area contributed by atoms with Gasteiger partial charge in [0, 0.05) is 25.4 Å². The molecule has 3 rings (SSSR count). The van der Waals surface area contributed by atoms with Crippen LogP contribution >= 0.6 is 0 Å². The summed E-state index contributed by atoms with van der Waals surface area (Å²) < 4.78 is 5.64. The molecule has 19 heavy (non-hydrogen) atoms. The van der Waals surface area contributed by atoms with Crippen molar-refractivity contribution in [3.05, 3.63) is 29.3 Å². The lowest BCUT2D eigenvalue weighted by Gasteiger charge is -2.21. The first-order valence-corrected chi connectivity index (χ1v) is 7.60. The van der Waals surface area contributed by atoms with Crippen molar-refractivity contribution < 1.29 is 4.74 Å². The molecule has 0 radical (unpaired) electrons. The highest BCUT2D eigenvalue weighted by Gasteiger charge is 2.15. The van der Waals surface area contributed by atoms with E-state index in [1.807, 2.05) is 0 Å². The summed E-state index contributed by atoms with van der Waals surface area (Å²) in [5.41, 5.74) is 4.26. The fourth-order valence-corrected chi connectivity index (χ4v) is 3.09. The molecule has 1 saturated heterocycles. The van der Waals surface area contributed by atoms with Crippen LogP contribution in [0.4, 0.5) is 5.69 Å². The maximum absolute atomic E-state index is 5.64. The molecule has 1 atom stereocenters. The molecule has 2 aliphatic heterocycles. The monoisotopic (exact) mass is 260 g/mol. The second-order valence-corrected chi connectivity index (χ2v) is 5.58. The Kier molecular flexibility index (Phi) is 4.36. The Hall–Kier alpha value is -1.06. The van der Waals surface area contributed by atoms with E-state index in [9.17, 15) is 0 Å². The summed E-state index contributed by atoms with van der Waals surface area (Å²) in [6.07, 6.45) is 6.58. The van der Waals surface area contributed by atoms with E-state index in [1.54, 1.807) is 0 Å². The summed E-state index contributed by atoms with van der Waals surface area (Å²) in [7, 11) is 0. The summed E-state index contributed by atoms with van der Waals surface area (Å²) >= 11 is 0. The summed E-state index contributed by atoms with van der Waals surface area (Å²) in [6, 6.07) is 6.66. The molecule has 1 unspecified atom stereocenters. The first-order chi connectivity index (χ1) is 9.43. The third kappa shape index (κ3) is 3.28. The number of hydrogen-bond donors (Lipinski definition) is 2. The van der Waals surface area contributed by atoms with Crippen LogP contribution in [-0.2, 0) is 17.7 Å². The quantitative estimate of drug-likeness (QED) is 0.799. The van der Waals surface area contributed by atoms with Gasteiger partial charge in [-0.25, -0.2) is 0 Å². The van der Waals surface area contributed by atoms with Crippen LogP contribution in [0.5, 0.6) is 0 Å². The van der Waals surface area contributed by atoms with Crippen molar-refractivity contribution in [1.82, 2.24) is 5.32 Å². The minimum absolute atomic E-state index is 0.496. The van der Waals surface area contributed by atoms with Crippen LogP contribution in [0, 0.1) is 0 Å². The van der Waals surface area contributed by atoms with Gasteiger partial charge in [-0.15, -0.1) is 0 Å². The number of anilines is 1. The average molecular weight is 260 g/mol. The van der Waals surface area contributed by atoms with Crippen LogP contribution in [0.2, 0.25) is 0 Å². The standard InChI is InChI=1S/C16H24N2O/c1-4-13-6-2-9-18-16(13)14(5-1)12-17-10-8-15-7-3-11-19-15/h1,4-5,15,17-18H,2-3,6-12H2. The Morgan fingerprint density at radius 1 is 1.32 bits per heavy atom. The van der Waals surface area contributed by atoms with Gasteiger partial charge in [0.25, 0.3) is 0 Å². The maximum Gasteiger partial charge on any atom is 0.0588 e. The molecule has 2 N–H and O–H groups in total. The Labute approximate surface area is 115 Å². The highest BCUT2D eigenvalue weighted by atomic mass is 16.5. The number of hydrogen-bond acceptors (Lipinski definition) is 3. The van der Waals surface area contributed by atoms with Gasteiger partial charge < -0.3 is 15.4 Å². The third-order valence-electron chi connectivity index (χ3n) is 4.14. The normalized spacial score (nSPS) is 22.0. The van der Waals surface area contributed by atoms with Gasteiger partial charge in [-0.2, -0.15) is 0 Å².